The fourth-order valence-electron chi connectivity index (χ4n) is 4.07. The zero-order chi connectivity index (χ0) is 23.3. The highest BCUT2D eigenvalue weighted by molar-refractivity contribution is 7.15. The van der Waals surface area contributed by atoms with Crippen molar-refractivity contribution < 1.29 is 9.21 Å². The summed E-state index contributed by atoms with van der Waals surface area (Å²) in [5.41, 5.74) is 3.21. The lowest BCUT2D eigenvalue weighted by Crippen LogP contribution is -2.41. The SMILES string of the molecule is CCCCNC(=O)N(CCc1csc2nc(-c3ccc4ccccc4c3)cn12)Cc1ccco1. The summed E-state index contributed by atoms with van der Waals surface area (Å²) in [5.74, 6) is 0.780. The van der Waals surface area contributed by atoms with Gasteiger partial charge in [0.15, 0.2) is 4.96 Å². The highest BCUT2D eigenvalue weighted by atomic mass is 32.1. The molecule has 34 heavy (non-hydrogen) atoms. The molecule has 5 rings (SSSR count). The molecular formula is C27H28N4O2S. The monoisotopic (exact) mass is 472 g/mol. The highest BCUT2D eigenvalue weighted by Crippen LogP contribution is 2.27. The summed E-state index contributed by atoms with van der Waals surface area (Å²) >= 11 is 1.63. The van der Waals surface area contributed by atoms with E-state index in [2.05, 4.69) is 70.7 Å². The van der Waals surface area contributed by atoms with Gasteiger partial charge in [0.1, 0.15) is 5.76 Å². The molecule has 174 valence electrons. The van der Waals surface area contributed by atoms with Gasteiger partial charge < -0.3 is 14.6 Å². The smallest absolute Gasteiger partial charge is 0.317 e. The second kappa shape index (κ2) is 10.1. The van der Waals surface area contributed by atoms with E-state index in [9.17, 15) is 4.79 Å². The molecule has 0 radical (unpaired) electrons. The van der Waals surface area contributed by atoms with Gasteiger partial charge in [-0.05, 0) is 35.4 Å². The minimum absolute atomic E-state index is 0.0567. The van der Waals surface area contributed by atoms with Crippen LogP contribution >= 0.6 is 11.3 Å². The molecule has 0 aliphatic heterocycles. The minimum atomic E-state index is -0.0567. The van der Waals surface area contributed by atoms with E-state index in [-0.39, 0.29) is 6.03 Å². The number of rotatable bonds is 9. The predicted molar refractivity (Wildman–Crippen MR) is 137 cm³/mol. The molecule has 3 aromatic heterocycles. The number of benzene rings is 2. The van der Waals surface area contributed by atoms with Crippen molar-refractivity contribution in [2.24, 2.45) is 0 Å². The predicted octanol–water partition coefficient (Wildman–Crippen LogP) is 6.36. The quantitative estimate of drug-likeness (QED) is 0.254. The van der Waals surface area contributed by atoms with Crippen LogP contribution in [0, 0.1) is 0 Å². The fourth-order valence-corrected chi connectivity index (χ4v) is 4.98. The maximum absolute atomic E-state index is 12.8. The highest BCUT2D eigenvalue weighted by Gasteiger charge is 2.17. The first kappa shape index (κ1) is 22.2. The van der Waals surface area contributed by atoms with Crippen LogP contribution < -0.4 is 5.32 Å². The number of carbonyl (C=O) groups excluding carboxylic acids is 1. The maximum atomic E-state index is 12.8. The molecule has 1 N–H and O–H groups in total. The summed E-state index contributed by atoms with van der Waals surface area (Å²) in [6.07, 6.45) is 6.49. The third-order valence-electron chi connectivity index (χ3n) is 5.99. The lowest BCUT2D eigenvalue weighted by atomic mass is 10.1. The van der Waals surface area contributed by atoms with E-state index in [1.807, 2.05) is 17.0 Å². The molecule has 7 heteroatoms. The van der Waals surface area contributed by atoms with Crippen LogP contribution in [0.15, 0.2) is 76.9 Å². The topological polar surface area (TPSA) is 62.8 Å². The molecule has 6 nitrogen and oxygen atoms in total. The van der Waals surface area contributed by atoms with E-state index in [1.54, 1.807) is 17.6 Å². The van der Waals surface area contributed by atoms with Crippen molar-refractivity contribution in [3.8, 4) is 11.3 Å². The second-order valence-electron chi connectivity index (χ2n) is 8.40. The molecule has 0 unspecified atom stereocenters. The van der Waals surface area contributed by atoms with E-state index in [0.717, 1.165) is 46.9 Å². The van der Waals surface area contributed by atoms with Gasteiger partial charge in [-0.3, -0.25) is 4.40 Å². The number of unbranched alkanes of at least 4 members (excludes halogenated alkanes) is 1. The third-order valence-corrected chi connectivity index (χ3v) is 6.88. The molecule has 0 bridgehead atoms. The van der Waals surface area contributed by atoms with Crippen molar-refractivity contribution in [2.75, 3.05) is 13.1 Å². The van der Waals surface area contributed by atoms with Crippen LogP contribution in [-0.4, -0.2) is 33.4 Å². The molecule has 0 saturated heterocycles. The maximum Gasteiger partial charge on any atom is 0.317 e. The normalized spacial score (nSPS) is 11.3. The van der Waals surface area contributed by atoms with Crippen molar-refractivity contribution in [1.29, 1.82) is 0 Å². The van der Waals surface area contributed by atoms with Gasteiger partial charge in [-0.2, -0.15) is 0 Å². The average Bonchev–Trinajstić information content (AvgIpc) is 3.60. The Morgan fingerprint density at radius 2 is 2.03 bits per heavy atom. The van der Waals surface area contributed by atoms with Gasteiger partial charge in [0.25, 0.3) is 0 Å². The van der Waals surface area contributed by atoms with E-state index in [1.165, 1.54) is 10.8 Å². The van der Waals surface area contributed by atoms with Gasteiger partial charge in [-0.1, -0.05) is 49.7 Å². The van der Waals surface area contributed by atoms with Gasteiger partial charge in [0, 0.05) is 42.3 Å². The summed E-state index contributed by atoms with van der Waals surface area (Å²) in [7, 11) is 0. The van der Waals surface area contributed by atoms with Crippen LogP contribution in [0.5, 0.6) is 0 Å². The third kappa shape index (κ3) is 4.84. The number of urea groups is 1. The van der Waals surface area contributed by atoms with Crippen LogP contribution in [0.2, 0.25) is 0 Å². The van der Waals surface area contributed by atoms with E-state index >= 15 is 0 Å². The number of imidazole rings is 1. The Morgan fingerprint density at radius 3 is 2.85 bits per heavy atom. The van der Waals surface area contributed by atoms with E-state index in [4.69, 9.17) is 9.40 Å². The summed E-state index contributed by atoms with van der Waals surface area (Å²) in [5, 5.41) is 7.60. The molecule has 0 aliphatic carbocycles. The van der Waals surface area contributed by atoms with Gasteiger partial charge in [0.05, 0.1) is 18.5 Å². The summed E-state index contributed by atoms with van der Waals surface area (Å²) in [6, 6.07) is 18.5. The lowest BCUT2D eigenvalue weighted by molar-refractivity contribution is 0.190. The van der Waals surface area contributed by atoms with Crippen LogP contribution in [0.1, 0.15) is 31.2 Å². The first-order chi connectivity index (χ1) is 16.7. The molecular weight excluding hydrogens is 444 g/mol. The van der Waals surface area contributed by atoms with Crippen LogP contribution in [0.4, 0.5) is 4.79 Å². The minimum Gasteiger partial charge on any atom is -0.467 e. The Bertz CT molecular complexity index is 1390. The molecule has 0 fully saturated rings. The molecule has 2 aromatic carbocycles. The zero-order valence-corrected chi connectivity index (χ0v) is 20.1. The van der Waals surface area contributed by atoms with Crippen LogP contribution in [0.25, 0.3) is 27.0 Å². The summed E-state index contributed by atoms with van der Waals surface area (Å²) in [6.45, 7) is 3.84. The Morgan fingerprint density at radius 1 is 1.15 bits per heavy atom. The number of hydrogen-bond donors (Lipinski definition) is 1. The number of nitrogens with one attached hydrogen (secondary N) is 1. The van der Waals surface area contributed by atoms with Crippen molar-refractivity contribution in [1.82, 2.24) is 19.6 Å². The zero-order valence-electron chi connectivity index (χ0n) is 19.2. The lowest BCUT2D eigenvalue weighted by Gasteiger charge is -2.22. The number of nitrogens with zero attached hydrogens (tertiary/aromatic N) is 3. The van der Waals surface area contributed by atoms with Crippen molar-refractivity contribution in [2.45, 2.75) is 32.7 Å². The largest absolute Gasteiger partial charge is 0.467 e. The molecule has 0 saturated carbocycles. The first-order valence-electron chi connectivity index (χ1n) is 11.7. The van der Waals surface area contributed by atoms with Crippen molar-refractivity contribution >= 4 is 33.1 Å². The molecule has 0 aliphatic rings. The fraction of sp³-hybridized carbons (Fsp3) is 0.259. The summed E-state index contributed by atoms with van der Waals surface area (Å²) in [4.78, 5) is 20.5. The van der Waals surface area contributed by atoms with Gasteiger partial charge >= 0.3 is 6.03 Å². The van der Waals surface area contributed by atoms with E-state index in [0.29, 0.717) is 19.6 Å². The number of furan rings is 1. The van der Waals surface area contributed by atoms with Crippen LogP contribution in [0.3, 0.4) is 0 Å². The molecule has 3 heterocycles. The summed E-state index contributed by atoms with van der Waals surface area (Å²) < 4.78 is 7.64. The Hall–Kier alpha value is -3.58. The Balaban J connectivity index is 1.33. The number of fused-ring (bicyclic) bond motifs is 2. The molecule has 0 atom stereocenters. The van der Waals surface area contributed by atoms with Gasteiger partial charge in [-0.25, -0.2) is 9.78 Å². The van der Waals surface area contributed by atoms with E-state index < -0.39 is 0 Å². The second-order valence-corrected chi connectivity index (χ2v) is 9.24. The molecule has 5 aromatic rings. The molecule has 2 amide bonds. The Kier molecular flexibility index (Phi) is 6.62. The number of hydrogen-bond acceptors (Lipinski definition) is 4. The average molecular weight is 473 g/mol. The van der Waals surface area contributed by atoms with Crippen molar-refractivity contribution in [3.05, 3.63) is 83.9 Å². The number of carbonyl (C=O) groups is 1. The van der Waals surface area contributed by atoms with Crippen molar-refractivity contribution in [3.63, 3.8) is 0 Å². The molecule has 0 spiro atoms. The number of thiazole rings is 1. The number of amides is 2. The number of aromatic nitrogens is 2. The van der Waals surface area contributed by atoms with Gasteiger partial charge in [-0.15, -0.1) is 11.3 Å². The first-order valence-corrected chi connectivity index (χ1v) is 12.6. The van der Waals surface area contributed by atoms with Gasteiger partial charge in [0.2, 0.25) is 0 Å². The van der Waals surface area contributed by atoms with Crippen LogP contribution in [-0.2, 0) is 13.0 Å². The standard InChI is InChI=1S/C27H28N4O2S/c1-2-3-13-28-26(32)30(17-24-9-6-15-33-24)14-12-23-19-34-27-29-25(18-31(23)27)22-11-10-20-7-4-5-8-21(20)16-22/h4-11,15-16,18-19H,2-3,12-14,17H2,1H3,(H,28,32). The Labute approximate surface area is 202 Å².